The third kappa shape index (κ3) is 8.97. The highest BCUT2D eigenvalue weighted by atomic mass is 127. The fraction of sp³-hybridized carbons (Fsp3) is 0.471. The summed E-state index contributed by atoms with van der Waals surface area (Å²) in [6.07, 6.45) is -4.33. The number of alkyl halides is 3. The van der Waals surface area contributed by atoms with Crippen LogP contribution in [0.1, 0.15) is 25.0 Å². The standard InChI is InChI=1S/C17H22F3N3O.HI/c1-16(2,24-4)12-23-15(21-3)22-11-5-6-13-7-9-14(10-8-13)17(18,19)20;/h7-10H,11-12H2,1-4H3,(H2,21,22,23);1H. The highest BCUT2D eigenvalue weighted by Gasteiger charge is 2.29. The number of halogens is 4. The van der Waals surface area contributed by atoms with Crippen LogP contribution in [0.3, 0.4) is 0 Å². The van der Waals surface area contributed by atoms with Crippen LogP contribution in [-0.2, 0) is 10.9 Å². The van der Waals surface area contributed by atoms with Gasteiger partial charge < -0.3 is 15.4 Å². The molecule has 4 nitrogen and oxygen atoms in total. The molecule has 0 bridgehead atoms. The van der Waals surface area contributed by atoms with Crippen molar-refractivity contribution in [3.8, 4) is 11.8 Å². The molecule has 0 amide bonds. The first-order valence-corrected chi connectivity index (χ1v) is 7.34. The summed E-state index contributed by atoms with van der Waals surface area (Å²) in [5.41, 5.74) is -0.492. The van der Waals surface area contributed by atoms with E-state index in [0.29, 0.717) is 24.6 Å². The lowest BCUT2D eigenvalue weighted by atomic mass is 10.1. The average Bonchev–Trinajstić information content (AvgIpc) is 2.54. The minimum Gasteiger partial charge on any atom is -0.377 e. The van der Waals surface area contributed by atoms with Crippen molar-refractivity contribution in [1.29, 1.82) is 0 Å². The van der Waals surface area contributed by atoms with Crippen molar-refractivity contribution in [3.05, 3.63) is 35.4 Å². The number of guanidine groups is 1. The fourth-order valence-electron chi connectivity index (χ4n) is 1.61. The summed E-state index contributed by atoms with van der Waals surface area (Å²) in [5, 5.41) is 6.11. The van der Waals surface area contributed by atoms with Crippen molar-refractivity contribution in [1.82, 2.24) is 10.6 Å². The van der Waals surface area contributed by atoms with Crippen molar-refractivity contribution in [2.24, 2.45) is 4.99 Å². The van der Waals surface area contributed by atoms with Crippen molar-refractivity contribution >= 4 is 29.9 Å². The Balaban J connectivity index is 0.00000576. The van der Waals surface area contributed by atoms with E-state index >= 15 is 0 Å². The van der Waals surface area contributed by atoms with Crippen LogP contribution < -0.4 is 10.6 Å². The Labute approximate surface area is 163 Å². The van der Waals surface area contributed by atoms with Gasteiger partial charge in [0, 0.05) is 26.3 Å². The van der Waals surface area contributed by atoms with Crippen molar-refractivity contribution < 1.29 is 17.9 Å². The molecule has 140 valence electrons. The van der Waals surface area contributed by atoms with Crippen LogP contribution in [0.2, 0.25) is 0 Å². The predicted octanol–water partition coefficient (Wildman–Crippen LogP) is 3.26. The highest BCUT2D eigenvalue weighted by Crippen LogP contribution is 2.28. The van der Waals surface area contributed by atoms with E-state index in [1.807, 2.05) is 13.8 Å². The molecular weight excluding hydrogens is 446 g/mol. The van der Waals surface area contributed by atoms with Gasteiger partial charge in [0.25, 0.3) is 0 Å². The van der Waals surface area contributed by atoms with Gasteiger partial charge in [-0.25, -0.2) is 0 Å². The van der Waals surface area contributed by atoms with Gasteiger partial charge >= 0.3 is 6.18 Å². The van der Waals surface area contributed by atoms with E-state index in [-0.39, 0.29) is 29.6 Å². The maximum Gasteiger partial charge on any atom is 0.416 e. The molecule has 2 N–H and O–H groups in total. The molecule has 0 aromatic heterocycles. The maximum absolute atomic E-state index is 12.5. The second-order valence-electron chi connectivity index (χ2n) is 5.62. The molecule has 0 saturated carbocycles. The predicted molar refractivity (Wildman–Crippen MR) is 104 cm³/mol. The summed E-state index contributed by atoms with van der Waals surface area (Å²) in [5.74, 6) is 6.21. The molecule has 0 fully saturated rings. The summed E-state index contributed by atoms with van der Waals surface area (Å²) in [7, 11) is 3.27. The Hall–Kier alpha value is -1.47. The van der Waals surface area contributed by atoms with E-state index in [2.05, 4.69) is 27.5 Å². The van der Waals surface area contributed by atoms with E-state index in [1.54, 1.807) is 14.2 Å². The number of rotatable bonds is 4. The minimum absolute atomic E-state index is 0. The van der Waals surface area contributed by atoms with Crippen LogP contribution in [0.15, 0.2) is 29.3 Å². The smallest absolute Gasteiger partial charge is 0.377 e. The first-order valence-electron chi connectivity index (χ1n) is 7.34. The lowest BCUT2D eigenvalue weighted by Crippen LogP contribution is -2.45. The molecule has 0 unspecified atom stereocenters. The minimum atomic E-state index is -4.33. The van der Waals surface area contributed by atoms with Gasteiger partial charge in [0.15, 0.2) is 5.96 Å². The first kappa shape index (κ1) is 23.5. The molecule has 1 rings (SSSR count). The second kappa shape index (κ2) is 10.5. The zero-order chi connectivity index (χ0) is 18.2. The lowest BCUT2D eigenvalue weighted by molar-refractivity contribution is -0.137. The Morgan fingerprint density at radius 2 is 1.76 bits per heavy atom. The van der Waals surface area contributed by atoms with Crippen LogP contribution in [0.5, 0.6) is 0 Å². The van der Waals surface area contributed by atoms with Gasteiger partial charge in [-0.1, -0.05) is 11.8 Å². The molecule has 0 spiro atoms. The number of nitrogens with zero attached hydrogens (tertiary/aromatic N) is 1. The molecule has 0 aliphatic heterocycles. The average molecular weight is 469 g/mol. The summed E-state index contributed by atoms with van der Waals surface area (Å²) in [4.78, 5) is 4.05. The Morgan fingerprint density at radius 3 is 2.24 bits per heavy atom. The maximum atomic E-state index is 12.5. The van der Waals surface area contributed by atoms with Crippen LogP contribution in [0.25, 0.3) is 0 Å². The van der Waals surface area contributed by atoms with E-state index in [1.165, 1.54) is 12.1 Å². The SMILES string of the molecule is CN=C(NCC#Cc1ccc(C(F)(F)F)cc1)NCC(C)(C)OC.I. The number of nitrogens with one attached hydrogen (secondary N) is 2. The van der Waals surface area contributed by atoms with Crippen LogP contribution in [0.4, 0.5) is 13.2 Å². The Kier molecular flexibility index (Phi) is 9.89. The quantitative estimate of drug-likeness (QED) is 0.308. The van der Waals surface area contributed by atoms with E-state index in [9.17, 15) is 13.2 Å². The van der Waals surface area contributed by atoms with Crippen molar-refractivity contribution in [2.75, 3.05) is 27.2 Å². The van der Waals surface area contributed by atoms with Crippen LogP contribution in [-0.4, -0.2) is 38.8 Å². The Bertz CT molecular complexity index is 617. The zero-order valence-corrected chi connectivity index (χ0v) is 17.0. The van der Waals surface area contributed by atoms with Gasteiger partial charge in [-0.2, -0.15) is 13.2 Å². The molecule has 0 atom stereocenters. The first-order chi connectivity index (χ1) is 11.2. The van der Waals surface area contributed by atoms with Gasteiger partial charge in [-0.3, -0.25) is 4.99 Å². The van der Waals surface area contributed by atoms with Crippen LogP contribution in [0, 0.1) is 11.8 Å². The van der Waals surface area contributed by atoms with Crippen LogP contribution >= 0.6 is 24.0 Å². The van der Waals surface area contributed by atoms with E-state index in [0.717, 1.165) is 12.1 Å². The molecule has 1 aromatic rings. The lowest BCUT2D eigenvalue weighted by Gasteiger charge is -2.24. The molecule has 0 aliphatic rings. The molecule has 8 heteroatoms. The van der Waals surface area contributed by atoms with Gasteiger partial charge in [-0.05, 0) is 38.1 Å². The number of ether oxygens (including phenoxy) is 1. The molecule has 0 aliphatic carbocycles. The molecular formula is C17H23F3IN3O. The summed E-state index contributed by atoms with van der Waals surface area (Å²) >= 11 is 0. The molecule has 0 radical (unpaired) electrons. The topological polar surface area (TPSA) is 45.7 Å². The summed E-state index contributed by atoms with van der Waals surface area (Å²) in [6, 6.07) is 4.74. The summed E-state index contributed by atoms with van der Waals surface area (Å²) < 4.78 is 42.7. The normalized spacial score (nSPS) is 11.9. The largest absolute Gasteiger partial charge is 0.416 e. The van der Waals surface area contributed by atoms with E-state index < -0.39 is 11.7 Å². The van der Waals surface area contributed by atoms with Gasteiger partial charge in [0.2, 0.25) is 0 Å². The molecule has 1 aromatic carbocycles. The molecule has 25 heavy (non-hydrogen) atoms. The number of aliphatic imine (C=N–C) groups is 1. The van der Waals surface area contributed by atoms with Crippen molar-refractivity contribution in [2.45, 2.75) is 25.6 Å². The fourth-order valence-corrected chi connectivity index (χ4v) is 1.61. The van der Waals surface area contributed by atoms with Gasteiger partial charge in [0.1, 0.15) is 0 Å². The Morgan fingerprint density at radius 1 is 1.16 bits per heavy atom. The second-order valence-corrected chi connectivity index (χ2v) is 5.62. The highest BCUT2D eigenvalue weighted by molar-refractivity contribution is 14.0. The van der Waals surface area contributed by atoms with Crippen molar-refractivity contribution in [3.63, 3.8) is 0 Å². The monoisotopic (exact) mass is 469 g/mol. The number of hydrogen-bond acceptors (Lipinski definition) is 2. The zero-order valence-electron chi connectivity index (χ0n) is 14.6. The van der Waals surface area contributed by atoms with Gasteiger partial charge in [0.05, 0.1) is 17.7 Å². The molecule has 0 saturated heterocycles. The third-order valence-corrected chi connectivity index (χ3v) is 3.25. The van der Waals surface area contributed by atoms with E-state index in [4.69, 9.17) is 4.74 Å². The summed E-state index contributed by atoms with van der Waals surface area (Å²) in [6.45, 7) is 4.76. The third-order valence-electron chi connectivity index (χ3n) is 3.25. The number of hydrogen-bond donors (Lipinski definition) is 2. The van der Waals surface area contributed by atoms with Gasteiger partial charge in [-0.15, -0.1) is 24.0 Å². The molecule has 0 heterocycles. The number of benzene rings is 1. The number of methoxy groups -OCH3 is 1.